The van der Waals surface area contributed by atoms with Gasteiger partial charge in [-0.05, 0) is 19.4 Å². The molecule has 0 unspecified atom stereocenters. The van der Waals surface area contributed by atoms with E-state index in [-0.39, 0.29) is 0 Å². The van der Waals surface area contributed by atoms with Crippen molar-refractivity contribution in [2.45, 2.75) is 20.4 Å². The van der Waals surface area contributed by atoms with Crippen LogP contribution < -0.4 is 0 Å². The maximum Gasteiger partial charge on any atom is 0.230 e. The van der Waals surface area contributed by atoms with E-state index in [0.29, 0.717) is 5.69 Å². The van der Waals surface area contributed by atoms with Gasteiger partial charge in [0, 0.05) is 5.69 Å². The van der Waals surface area contributed by atoms with E-state index in [2.05, 4.69) is 22.1 Å². The predicted octanol–water partition coefficient (Wildman–Crippen LogP) is 3.10. The zero-order valence-electron chi connectivity index (χ0n) is 9.44. The molecule has 0 spiro atoms. The summed E-state index contributed by atoms with van der Waals surface area (Å²) < 4.78 is 1.89. The van der Waals surface area contributed by atoms with Gasteiger partial charge in [0.25, 0.3) is 0 Å². The van der Waals surface area contributed by atoms with Crippen molar-refractivity contribution in [1.82, 2.24) is 9.78 Å². The van der Waals surface area contributed by atoms with Crippen molar-refractivity contribution in [2.75, 3.05) is 0 Å². The van der Waals surface area contributed by atoms with Crippen LogP contribution in [0.5, 0.6) is 0 Å². The van der Waals surface area contributed by atoms with Gasteiger partial charge in [0.05, 0.1) is 18.8 Å². The second-order valence-corrected chi connectivity index (χ2v) is 3.77. The summed E-state index contributed by atoms with van der Waals surface area (Å²) in [6.45, 7) is 11.6. The summed E-state index contributed by atoms with van der Waals surface area (Å²) in [5.74, 6) is 0. The average Bonchev–Trinajstić information content (AvgIpc) is 2.55. The number of nitrogens with zero attached hydrogens (tertiary/aromatic N) is 3. The predicted molar refractivity (Wildman–Crippen MR) is 63.5 cm³/mol. The molecule has 0 bridgehead atoms. The summed E-state index contributed by atoms with van der Waals surface area (Å²) in [7, 11) is 0. The van der Waals surface area contributed by atoms with Crippen LogP contribution in [0.4, 0.5) is 5.69 Å². The molecule has 1 aromatic heterocycles. The van der Waals surface area contributed by atoms with Gasteiger partial charge in [-0.1, -0.05) is 30.3 Å². The largest absolute Gasteiger partial charge is 0.277 e. The third-order valence-corrected chi connectivity index (χ3v) is 2.63. The lowest BCUT2D eigenvalue weighted by Crippen LogP contribution is -2.03. The standard InChI is InChI=1S/C13H13N3/c1-10-13(14-3)11(2)16(15-10)9-12-7-5-4-6-8-12/h4-8H,9H2,1-2H3. The highest BCUT2D eigenvalue weighted by molar-refractivity contribution is 5.53. The third-order valence-electron chi connectivity index (χ3n) is 2.63. The van der Waals surface area contributed by atoms with E-state index in [0.717, 1.165) is 17.9 Å². The van der Waals surface area contributed by atoms with Crippen LogP contribution >= 0.6 is 0 Å². The highest BCUT2D eigenvalue weighted by atomic mass is 15.3. The smallest absolute Gasteiger partial charge is 0.230 e. The minimum Gasteiger partial charge on any atom is -0.277 e. The Morgan fingerprint density at radius 1 is 1.25 bits per heavy atom. The fourth-order valence-corrected chi connectivity index (χ4v) is 1.76. The van der Waals surface area contributed by atoms with Gasteiger partial charge in [0.2, 0.25) is 5.69 Å². The first-order valence-corrected chi connectivity index (χ1v) is 5.17. The van der Waals surface area contributed by atoms with Crippen molar-refractivity contribution in [1.29, 1.82) is 0 Å². The molecule has 0 N–H and O–H groups in total. The average molecular weight is 211 g/mol. The molecule has 1 heterocycles. The van der Waals surface area contributed by atoms with E-state index >= 15 is 0 Å². The first kappa shape index (κ1) is 10.4. The minimum absolute atomic E-state index is 0.677. The Bertz CT molecular complexity index is 532. The first-order valence-electron chi connectivity index (χ1n) is 5.17. The van der Waals surface area contributed by atoms with E-state index in [4.69, 9.17) is 6.57 Å². The SMILES string of the molecule is [C-]#[N+]c1c(C)nn(Cc2ccccc2)c1C. The van der Waals surface area contributed by atoms with Crippen molar-refractivity contribution >= 4 is 5.69 Å². The molecule has 0 aliphatic heterocycles. The second kappa shape index (κ2) is 4.19. The molecule has 0 saturated carbocycles. The zero-order chi connectivity index (χ0) is 11.5. The summed E-state index contributed by atoms with van der Waals surface area (Å²) in [5, 5.41) is 4.38. The van der Waals surface area contributed by atoms with Crippen LogP contribution in [0.25, 0.3) is 4.85 Å². The topological polar surface area (TPSA) is 22.2 Å². The van der Waals surface area contributed by atoms with Crippen LogP contribution in [0.1, 0.15) is 17.0 Å². The number of benzene rings is 1. The van der Waals surface area contributed by atoms with Crippen molar-refractivity contribution in [3.63, 3.8) is 0 Å². The molecule has 0 fully saturated rings. The molecule has 16 heavy (non-hydrogen) atoms. The van der Waals surface area contributed by atoms with Crippen LogP contribution in [-0.2, 0) is 6.54 Å². The van der Waals surface area contributed by atoms with Crippen LogP contribution in [0.3, 0.4) is 0 Å². The lowest BCUT2D eigenvalue weighted by molar-refractivity contribution is 0.659. The molecule has 0 radical (unpaired) electrons. The van der Waals surface area contributed by atoms with E-state index < -0.39 is 0 Å². The van der Waals surface area contributed by atoms with Gasteiger partial charge < -0.3 is 0 Å². The maximum atomic E-state index is 7.09. The molecule has 3 heteroatoms. The Morgan fingerprint density at radius 2 is 1.94 bits per heavy atom. The molecule has 0 aliphatic carbocycles. The van der Waals surface area contributed by atoms with Crippen LogP contribution in [0.15, 0.2) is 30.3 Å². The Labute approximate surface area is 95.2 Å². The van der Waals surface area contributed by atoms with Gasteiger partial charge in [0.15, 0.2) is 0 Å². The first-order chi connectivity index (χ1) is 7.72. The number of aromatic nitrogens is 2. The lowest BCUT2D eigenvalue weighted by Gasteiger charge is -2.04. The van der Waals surface area contributed by atoms with Gasteiger partial charge in [-0.3, -0.25) is 4.68 Å². The molecule has 0 amide bonds. The van der Waals surface area contributed by atoms with Gasteiger partial charge in [-0.25, -0.2) is 4.85 Å². The second-order valence-electron chi connectivity index (χ2n) is 3.77. The van der Waals surface area contributed by atoms with E-state index in [1.807, 2.05) is 36.7 Å². The normalized spacial score (nSPS) is 10.1. The molecule has 0 saturated heterocycles. The quantitative estimate of drug-likeness (QED) is 0.700. The molecule has 0 aliphatic rings. The molecule has 80 valence electrons. The monoisotopic (exact) mass is 211 g/mol. The van der Waals surface area contributed by atoms with Crippen molar-refractivity contribution < 1.29 is 0 Å². The fourth-order valence-electron chi connectivity index (χ4n) is 1.76. The maximum absolute atomic E-state index is 7.09. The highest BCUT2D eigenvalue weighted by Crippen LogP contribution is 2.23. The van der Waals surface area contributed by atoms with Crippen LogP contribution in [0, 0.1) is 20.4 Å². The van der Waals surface area contributed by atoms with Crippen molar-refractivity contribution in [3.05, 3.63) is 58.7 Å². The van der Waals surface area contributed by atoms with E-state index in [1.165, 1.54) is 5.56 Å². The number of aryl methyl sites for hydroxylation is 1. The Kier molecular flexibility index (Phi) is 2.74. The van der Waals surface area contributed by atoms with Gasteiger partial charge in [-0.15, -0.1) is 0 Å². The molecule has 3 nitrogen and oxygen atoms in total. The number of rotatable bonds is 2. The Balaban J connectivity index is 2.34. The Morgan fingerprint density at radius 3 is 2.50 bits per heavy atom. The number of hydrogen-bond donors (Lipinski definition) is 0. The van der Waals surface area contributed by atoms with Gasteiger partial charge >= 0.3 is 0 Å². The number of hydrogen-bond acceptors (Lipinski definition) is 1. The zero-order valence-corrected chi connectivity index (χ0v) is 9.44. The van der Waals surface area contributed by atoms with Gasteiger partial charge in [-0.2, -0.15) is 5.10 Å². The Hall–Kier alpha value is -2.08. The lowest BCUT2D eigenvalue weighted by atomic mass is 10.2. The summed E-state index contributed by atoms with van der Waals surface area (Å²) in [5.41, 5.74) is 3.63. The highest BCUT2D eigenvalue weighted by Gasteiger charge is 2.10. The molecule has 2 rings (SSSR count). The van der Waals surface area contributed by atoms with E-state index in [9.17, 15) is 0 Å². The summed E-state index contributed by atoms with van der Waals surface area (Å²) in [6.07, 6.45) is 0. The molecular weight excluding hydrogens is 198 g/mol. The van der Waals surface area contributed by atoms with Crippen molar-refractivity contribution in [3.8, 4) is 0 Å². The van der Waals surface area contributed by atoms with Gasteiger partial charge in [0.1, 0.15) is 0 Å². The van der Waals surface area contributed by atoms with Crippen molar-refractivity contribution in [2.24, 2.45) is 0 Å². The fraction of sp³-hybridized carbons (Fsp3) is 0.231. The minimum atomic E-state index is 0.677. The molecule has 0 atom stereocenters. The molecule has 2 aromatic rings. The summed E-state index contributed by atoms with van der Waals surface area (Å²) >= 11 is 0. The summed E-state index contributed by atoms with van der Waals surface area (Å²) in [6, 6.07) is 10.1. The van der Waals surface area contributed by atoms with E-state index in [1.54, 1.807) is 0 Å². The molecule has 1 aromatic carbocycles. The van der Waals surface area contributed by atoms with Crippen LogP contribution in [0.2, 0.25) is 0 Å². The molecular formula is C13H13N3. The van der Waals surface area contributed by atoms with Crippen LogP contribution in [-0.4, -0.2) is 9.78 Å². The summed E-state index contributed by atoms with van der Waals surface area (Å²) in [4.78, 5) is 3.50. The third kappa shape index (κ3) is 1.82.